The summed E-state index contributed by atoms with van der Waals surface area (Å²) < 4.78 is 13.1. The van der Waals surface area contributed by atoms with Gasteiger partial charge in [0.15, 0.2) is 0 Å². The molecule has 5 nitrogen and oxygen atoms in total. The Labute approximate surface area is 228 Å². The van der Waals surface area contributed by atoms with Gasteiger partial charge in [0.1, 0.15) is 13.2 Å². The molecule has 5 heteroatoms. The van der Waals surface area contributed by atoms with E-state index in [9.17, 15) is 9.59 Å². The lowest BCUT2D eigenvalue weighted by Gasteiger charge is -2.25. The van der Waals surface area contributed by atoms with Gasteiger partial charge in [0.25, 0.3) is 0 Å². The van der Waals surface area contributed by atoms with E-state index < -0.39 is 5.41 Å². The Morgan fingerprint density at radius 1 is 0.737 bits per heavy atom. The second-order valence-corrected chi connectivity index (χ2v) is 10.8. The Hall–Kier alpha value is -2.82. The molecule has 1 unspecified atom stereocenters. The maximum absolute atomic E-state index is 12.3. The molecular formula is C33H47NO4. The van der Waals surface area contributed by atoms with Crippen molar-refractivity contribution in [1.29, 1.82) is 0 Å². The molecule has 0 saturated heterocycles. The summed E-state index contributed by atoms with van der Waals surface area (Å²) in [6, 6.07) is 17.4. The predicted octanol–water partition coefficient (Wildman–Crippen LogP) is 8.61. The van der Waals surface area contributed by atoms with Gasteiger partial charge in [-0.2, -0.15) is 0 Å². The smallest absolute Gasteiger partial charge is 0.311 e. The van der Waals surface area contributed by atoms with Gasteiger partial charge < -0.3 is 14.0 Å². The highest BCUT2D eigenvalue weighted by molar-refractivity contribution is 6.07. The fraction of sp³-hybridized carbons (Fsp3) is 0.576. The minimum Gasteiger partial charge on any atom is -0.462 e. The average molecular weight is 522 g/mol. The zero-order chi connectivity index (χ0) is 27.2. The van der Waals surface area contributed by atoms with Crippen LogP contribution in [0.5, 0.6) is 0 Å². The van der Waals surface area contributed by atoms with Crippen molar-refractivity contribution in [3.05, 3.63) is 48.5 Å². The lowest BCUT2D eigenvalue weighted by molar-refractivity contribution is -0.160. The van der Waals surface area contributed by atoms with Crippen molar-refractivity contribution in [2.75, 3.05) is 13.2 Å². The largest absolute Gasteiger partial charge is 0.462 e. The summed E-state index contributed by atoms with van der Waals surface area (Å²) in [4.78, 5) is 24.2. The Bertz CT molecular complexity index is 1100. The molecule has 0 spiro atoms. The molecule has 2 aromatic carbocycles. The lowest BCUT2D eigenvalue weighted by atomic mass is 9.83. The summed E-state index contributed by atoms with van der Waals surface area (Å²) in [7, 11) is 0. The predicted molar refractivity (Wildman–Crippen MR) is 156 cm³/mol. The van der Waals surface area contributed by atoms with Crippen LogP contribution >= 0.6 is 0 Å². The van der Waals surface area contributed by atoms with Crippen molar-refractivity contribution in [2.24, 2.45) is 5.41 Å². The molecule has 38 heavy (non-hydrogen) atoms. The van der Waals surface area contributed by atoms with E-state index in [1.54, 1.807) is 0 Å². The Morgan fingerprint density at radius 3 is 1.84 bits per heavy atom. The quantitative estimate of drug-likeness (QED) is 0.124. The van der Waals surface area contributed by atoms with E-state index in [1.807, 2.05) is 13.8 Å². The molecule has 0 bridgehead atoms. The van der Waals surface area contributed by atoms with Crippen LogP contribution in [0.1, 0.15) is 97.8 Å². The number of hydrogen-bond donors (Lipinski definition) is 0. The van der Waals surface area contributed by atoms with E-state index in [1.165, 1.54) is 53.9 Å². The van der Waals surface area contributed by atoms with Gasteiger partial charge in [-0.1, -0.05) is 95.2 Å². The number of nitrogens with zero attached hydrogens (tertiary/aromatic N) is 1. The summed E-state index contributed by atoms with van der Waals surface area (Å²) in [5.41, 5.74) is 2.23. The Kier molecular flexibility index (Phi) is 12.2. The highest BCUT2D eigenvalue weighted by Gasteiger charge is 2.31. The first kappa shape index (κ1) is 29.7. The molecule has 0 aliphatic heterocycles. The number of esters is 2. The second kappa shape index (κ2) is 15.6. The first-order chi connectivity index (χ1) is 18.5. The molecule has 1 aromatic heterocycles. The van der Waals surface area contributed by atoms with Crippen LogP contribution in [0.2, 0.25) is 0 Å². The number of hydrogen-bond acceptors (Lipinski definition) is 4. The van der Waals surface area contributed by atoms with Crippen molar-refractivity contribution in [3.8, 4) is 0 Å². The molecule has 0 N–H and O–H groups in total. The van der Waals surface area contributed by atoms with Gasteiger partial charge in [0.2, 0.25) is 0 Å². The molecule has 0 aliphatic rings. The average Bonchev–Trinajstić information content (AvgIpc) is 3.25. The lowest BCUT2D eigenvalue weighted by Crippen LogP contribution is -2.30. The van der Waals surface area contributed by atoms with Crippen molar-refractivity contribution in [2.45, 2.75) is 104 Å². The van der Waals surface area contributed by atoms with Crippen LogP contribution < -0.4 is 0 Å². The fourth-order valence-electron chi connectivity index (χ4n) is 5.36. The molecule has 1 heterocycles. The minimum absolute atomic E-state index is 0.140. The van der Waals surface area contributed by atoms with E-state index in [0.717, 1.165) is 45.1 Å². The number of aryl methyl sites for hydroxylation is 1. The molecule has 0 radical (unpaired) electrons. The Balaban J connectivity index is 1.20. The number of para-hydroxylation sites is 2. The van der Waals surface area contributed by atoms with Crippen molar-refractivity contribution < 1.29 is 19.1 Å². The third kappa shape index (κ3) is 8.34. The molecule has 1 atom stereocenters. The number of carbonyl (C=O) groups is 2. The zero-order valence-electron chi connectivity index (χ0n) is 23.8. The van der Waals surface area contributed by atoms with E-state index in [2.05, 4.69) is 60.0 Å². The Morgan fingerprint density at radius 2 is 1.26 bits per heavy atom. The van der Waals surface area contributed by atoms with Crippen LogP contribution in [-0.2, 0) is 25.6 Å². The summed E-state index contributed by atoms with van der Waals surface area (Å²) in [5, 5.41) is 2.69. The van der Waals surface area contributed by atoms with E-state index in [-0.39, 0.29) is 25.2 Å². The van der Waals surface area contributed by atoms with E-state index >= 15 is 0 Å². The second-order valence-electron chi connectivity index (χ2n) is 10.8. The fourth-order valence-corrected chi connectivity index (χ4v) is 5.36. The molecule has 3 aromatic rings. The topological polar surface area (TPSA) is 57.5 Å². The van der Waals surface area contributed by atoms with Gasteiger partial charge in [0, 0.05) is 34.8 Å². The number of aromatic nitrogens is 1. The molecule has 3 rings (SSSR count). The summed E-state index contributed by atoms with van der Waals surface area (Å²) >= 11 is 0. The molecule has 0 aliphatic carbocycles. The van der Waals surface area contributed by atoms with Crippen LogP contribution in [0, 0.1) is 5.41 Å². The monoisotopic (exact) mass is 521 g/mol. The van der Waals surface area contributed by atoms with Crippen LogP contribution in [0.15, 0.2) is 48.5 Å². The van der Waals surface area contributed by atoms with Gasteiger partial charge in [-0.15, -0.1) is 0 Å². The van der Waals surface area contributed by atoms with Gasteiger partial charge in [0.05, 0.1) is 5.41 Å². The molecule has 0 saturated carbocycles. The first-order valence-corrected chi connectivity index (χ1v) is 14.8. The molecule has 0 amide bonds. The maximum Gasteiger partial charge on any atom is 0.311 e. The van der Waals surface area contributed by atoms with E-state index in [4.69, 9.17) is 9.47 Å². The van der Waals surface area contributed by atoms with Crippen LogP contribution in [0.3, 0.4) is 0 Å². The van der Waals surface area contributed by atoms with Crippen molar-refractivity contribution in [3.63, 3.8) is 0 Å². The standard InChI is InChI=1S/C33H47NO4/c1-4-23-33(3,5-2)32(36)38-26-25-37-31(35)22-12-10-8-6-7-9-11-17-24-34-29-20-15-13-18-27(29)28-19-14-16-21-30(28)34/h13-16,18-21H,4-12,17,22-26H2,1-3H3. The van der Waals surface area contributed by atoms with Gasteiger partial charge in [-0.25, -0.2) is 0 Å². The highest BCUT2D eigenvalue weighted by atomic mass is 16.6. The maximum atomic E-state index is 12.3. The van der Waals surface area contributed by atoms with Crippen LogP contribution in [0.25, 0.3) is 21.8 Å². The third-order valence-electron chi connectivity index (χ3n) is 7.85. The van der Waals surface area contributed by atoms with Gasteiger partial charge >= 0.3 is 11.9 Å². The van der Waals surface area contributed by atoms with Gasteiger partial charge in [-0.05, 0) is 44.7 Å². The summed E-state index contributed by atoms with van der Waals surface area (Å²) in [5.74, 6) is -0.387. The van der Waals surface area contributed by atoms with Crippen molar-refractivity contribution >= 4 is 33.7 Å². The van der Waals surface area contributed by atoms with Crippen LogP contribution in [-0.4, -0.2) is 29.7 Å². The number of carbonyl (C=O) groups excluding carboxylic acids is 2. The molecule has 0 fully saturated rings. The number of unbranched alkanes of at least 4 members (excludes halogenated alkanes) is 7. The third-order valence-corrected chi connectivity index (χ3v) is 7.85. The number of rotatable bonds is 18. The number of benzene rings is 2. The van der Waals surface area contributed by atoms with E-state index in [0.29, 0.717) is 6.42 Å². The number of fused-ring (bicyclic) bond motifs is 3. The number of ether oxygens (including phenoxy) is 2. The van der Waals surface area contributed by atoms with Crippen molar-refractivity contribution in [1.82, 2.24) is 4.57 Å². The highest BCUT2D eigenvalue weighted by Crippen LogP contribution is 2.30. The summed E-state index contributed by atoms with van der Waals surface area (Å²) in [6.45, 7) is 7.36. The molecule has 208 valence electrons. The SMILES string of the molecule is CCCC(C)(CC)C(=O)OCCOC(=O)CCCCCCCCCCn1c2ccccc2c2ccccc21. The minimum atomic E-state index is -0.439. The molecular weight excluding hydrogens is 474 g/mol. The van der Waals surface area contributed by atoms with Crippen LogP contribution in [0.4, 0.5) is 0 Å². The van der Waals surface area contributed by atoms with Gasteiger partial charge in [-0.3, -0.25) is 9.59 Å². The normalized spacial score (nSPS) is 13.0. The zero-order valence-corrected chi connectivity index (χ0v) is 23.8. The summed E-state index contributed by atoms with van der Waals surface area (Å²) in [6.07, 6.45) is 12.2. The first-order valence-electron chi connectivity index (χ1n) is 14.8.